The first-order chi connectivity index (χ1) is 13.5. The summed E-state index contributed by atoms with van der Waals surface area (Å²) >= 11 is 0. The summed E-state index contributed by atoms with van der Waals surface area (Å²) in [6.45, 7) is 7.18. The topological polar surface area (TPSA) is 72.8 Å². The number of aliphatic hydroxyl groups excluding tert-OH is 1. The Kier molecular flexibility index (Phi) is 5.13. The van der Waals surface area contributed by atoms with Gasteiger partial charge < -0.3 is 14.6 Å². The molecule has 29 heavy (non-hydrogen) atoms. The fourth-order valence-electron chi connectivity index (χ4n) is 7.71. The maximum atomic E-state index is 16.4. The van der Waals surface area contributed by atoms with Crippen LogP contribution < -0.4 is 0 Å². The van der Waals surface area contributed by atoms with Gasteiger partial charge in [0, 0.05) is 25.2 Å². The van der Waals surface area contributed by atoms with E-state index >= 15 is 4.39 Å². The van der Waals surface area contributed by atoms with E-state index in [-0.39, 0.29) is 42.0 Å². The van der Waals surface area contributed by atoms with Gasteiger partial charge in [-0.1, -0.05) is 13.8 Å². The van der Waals surface area contributed by atoms with Crippen LogP contribution in [0.2, 0.25) is 0 Å². The number of carbonyl (C=O) groups is 2. The SMILES string of the molecule is CC(=O)OC1CCC2(C)C3CCC4(C)C(OC(C)O)CCC4C3CC(=O)C2(F)C1. The standard InChI is InChI=1S/C23H35FO5/c1-13(25)28-15-7-10-22(4)18-8-9-21(3)17(5-6-20(21)29-14(2)26)16(18)11-19(27)23(22,24)12-15/h14-18,20,26H,5-12H2,1-4H3. The Morgan fingerprint density at radius 3 is 2.55 bits per heavy atom. The fourth-order valence-corrected chi connectivity index (χ4v) is 7.71. The molecule has 0 bridgehead atoms. The highest BCUT2D eigenvalue weighted by molar-refractivity contribution is 5.90. The van der Waals surface area contributed by atoms with Gasteiger partial charge in [-0.2, -0.15) is 0 Å². The van der Waals surface area contributed by atoms with Crippen molar-refractivity contribution in [3.63, 3.8) is 0 Å². The minimum absolute atomic E-state index is 0.000824. The van der Waals surface area contributed by atoms with Crippen LogP contribution in [0.4, 0.5) is 4.39 Å². The highest BCUT2D eigenvalue weighted by Crippen LogP contribution is 2.67. The average molecular weight is 411 g/mol. The lowest BCUT2D eigenvalue weighted by atomic mass is 9.43. The molecule has 4 fully saturated rings. The second-order valence-electron chi connectivity index (χ2n) is 10.5. The first kappa shape index (κ1) is 21.2. The number of ether oxygens (including phenoxy) is 2. The Balaban J connectivity index is 1.61. The van der Waals surface area contributed by atoms with E-state index in [0.29, 0.717) is 18.8 Å². The van der Waals surface area contributed by atoms with Crippen molar-refractivity contribution in [2.24, 2.45) is 28.6 Å². The third kappa shape index (κ3) is 3.08. The minimum atomic E-state index is -1.91. The van der Waals surface area contributed by atoms with Crippen LogP contribution in [-0.4, -0.2) is 41.0 Å². The van der Waals surface area contributed by atoms with Crippen LogP contribution in [0.1, 0.15) is 79.1 Å². The molecular formula is C23H35FO5. The molecule has 0 amide bonds. The molecule has 0 saturated heterocycles. The third-order valence-corrected chi connectivity index (χ3v) is 9.13. The molecular weight excluding hydrogens is 375 g/mol. The van der Waals surface area contributed by atoms with Gasteiger partial charge in [-0.05, 0) is 68.6 Å². The zero-order valence-electron chi connectivity index (χ0n) is 18.1. The molecule has 0 aliphatic heterocycles. The Bertz CT molecular complexity index is 695. The van der Waals surface area contributed by atoms with Gasteiger partial charge in [0.05, 0.1) is 6.10 Å². The summed E-state index contributed by atoms with van der Waals surface area (Å²) in [4.78, 5) is 24.6. The van der Waals surface area contributed by atoms with Crippen LogP contribution in [0.15, 0.2) is 0 Å². The van der Waals surface area contributed by atoms with Gasteiger partial charge in [0.1, 0.15) is 6.10 Å². The number of aliphatic hydroxyl groups is 1. The number of hydrogen-bond donors (Lipinski definition) is 1. The molecule has 6 heteroatoms. The van der Waals surface area contributed by atoms with Crippen molar-refractivity contribution in [3.8, 4) is 0 Å². The van der Waals surface area contributed by atoms with Crippen molar-refractivity contribution >= 4 is 11.8 Å². The van der Waals surface area contributed by atoms with E-state index in [0.717, 1.165) is 25.7 Å². The molecule has 0 aromatic rings. The highest BCUT2D eigenvalue weighted by Gasteiger charge is 2.69. The van der Waals surface area contributed by atoms with Crippen LogP contribution >= 0.6 is 0 Å². The summed E-state index contributed by atoms with van der Waals surface area (Å²) in [5.74, 6) is -0.0644. The molecule has 4 aliphatic rings. The molecule has 5 nitrogen and oxygen atoms in total. The summed E-state index contributed by atoms with van der Waals surface area (Å²) in [5.41, 5.74) is -2.68. The second kappa shape index (κ2) is 7.01. The Hall–Kier alpha value is -1.01. The van der Waals surface area contributed by atoms with Crippen LogP contribution in [0, 0.1) is 28.6 Å². The molecule has 164 valence electrons. The zero-order valence-corrected chi connectivity index (χ0v) is 18.1. The summed E-state index contributed by atoms with van der Waals surface area (Å²) in [7, 11) is 0. The van der Waals surface area contributed by atoms with Crippen molar-refractivity contribution in [1.29, 1.82) is 0 Å². The van der Waals surface area contributed by atoms with Gasteiger partial charge in [0.2, 0.25) is 0 Å². The molecule has 1 N–H and O–H groups in total. The average Bonchev–Trinajstić information content (AvgIpc) is 2.93. The van der Waals surface area contributed by atoms with E-state index in [4.69, 9.17) is 9.47 Å². The number of alkyl halides is 1. The van der Waals surface area contributed by atoms with E-state index in [2.05, 4.69) is 6.92 Å². The maximum absolute atomic E-state index is 16.4. The van der Waals surface area contributed by atoms with Crippen LogP contribution in [0.25, 0.3) is 0 Å². The van der Waals surface area contributed by atoms with E-state index in [1.165, 1.54) is 6.92 Å². The van der Waals surface area contributed by atoms with E-state index < -0.39 is 29.4 Å². The number of halogens is 1. The summed E-state index contributed by atoms with van der Waals surface area (Å²) in [6, 6.07) is 0. The molecule has 4 saturated carbocycles. The zero-order chi connectivity index (χ0) is 21.2. The summed E-state index contributed by atoms with van der Waals surface area (Å²) < 4.78 is 27.5. The Labute approximate surface area is 172 Å². The molecule has 0 aromatic carbocycles. The van der Waals surface area contributed by atoms with Crippen LogP contribution in [0.5, 0.6) is 0 Å². The van der Waals surface area contributed by atoms with Gasteiger partial charge in [-0.15, -0.1) is 0 Å². The number of fused-ring (bicyclic) bond motifs is 5. The van der Waals surface area contributed by atoms with Gasteiger partial charge in [0.25, 0.3) is 0 Å². The number of esters is 1. The smallest absolute Gasteiger partial charge is 0.302 e. The van der Waals surface area contributed by atoms with Crippen LogP contribution in [-0.2, 0) is 19.1 Å². The van der Waals surface area contributed by atoms with E-state index in [9.17, 15) is 14.7 Å². The van der Waals surface area contributed by atoms with Gasteiger partial charge >= 0.3 is 5.97 Å². The van der Waals surface area contributed by atoms with Crippen molar-refractivity contribution < 1.29 is 28.6 Å². The number of hydrogen-bond acceptors (Lipinski definition) is 5. The van der Waals surface area contributed by atoms with E-state index in [1.54, 1.807) is 6.92 Å². The lowest BCUT2D eigenvalue weighted by Crippen LogP contribution is -2.65. The molecule has 0 spiro atoms. The predicted molar refractivity (Wildman–Crippen MR) is 105 cm³/mol. The molecule has 0 radical (unpaired) electrons. The predicted octanol–water partition coefficient (Wildman–Crippen LogP) is 3.96. The third-order valence-electron chi connectivity index (χ3n) is 9.13. The lowest BCUT2D eigenvalue weighted by Gasteiger charge is -2.61. The normalized spacial score (nSPS) is 50.3. The Morgan fingerprint density at radius 2 is 1.90 bits per heavy atom. The number of Topliss-reactive ketones (excluding diaryl/α,β-unsaturated/α-hetero) is 1. The Morgan fingerprint density at radius 1 is 1.17 bits per heavy atom. The number of rotatable bonds is 3. The van der Waals surface area contributed by atoms with Crippen molar-refractivity contribution in [2.45, 2.75) is 103 Å². The first-order valence-electron chi connectivity index (χ1n) is 11.2. The molecule has 0 aromatic heterocycles. The molecule has 9 atom stereocenters. The number of ketones is 1. The van der Waals surface area contributed by atoms with E-state index in [1.807, 2.05) is 6.92 Å². The largest absolute Gasteiger partial charge is 0.462 e. The molecule has 4 aliphatic carbocycles. The van der Waals surface area contributed by atoms with Crippen molar-refractivity contribution in [1.82, 2.24) is 0 Å². The van der Waals surface area contributed by atoms with Crippen molar-refractivity contribution in [2.75, 3.05) is 0 Å². The lowest BCUT2D eigenvalue weighted by molar-refractivity contribution is -0.206. The van der Waals surface area contributed by atoms with Gasteiger partial charge in [-0.3, -0.25) is 9.59 Å². The van der Waals surface area contributed by atoms with Gasteiger partial charge in [0.15, 0.2) is 17.7 Å². The second-order valence-corrected chi connectivity index (χ2v) is 10.5. The minimum Gasteiger partial charge on any atom is -0.462 e. The molecule has 0 heterocycles. The van der Waals surface area contributed by atoms with Gasteiger partial charge in [-0.25, -0.2) is 4.39 Å². The summed E-state index contributed by atoms with van der Waals surface area (Å²) in [5, 5.41) is 9.75. The highest BCUT2D eigenvalue weighted by atomic mass is 19.1. The monoisotopic (exact) mass is 410 g/mol. The fraction of sp³-hybridized carbons (Fsp3) is 0.913. The molecule has 4 rings (SSSR count). The van der Waals surface area contributed by atoms with Crippen LogP contribution in [0.3, 0.4) is 0 Å². The summed E-state index contributed by atoms with van der Waals surface area (Å²) in [6.07, 6.45) is 3.82. The molecule has 9 unspecified atom stereocenters. The maximum Gasteiger partial charge on any atom is 0.302 e. The first-order valence-corrected chi connectivity index (χ1v) is 11.2. The quantitative estimate of drug-likeness (QED) is 0.563. The van der Waals surface area contributed by atoms with Crippen molar-refractivity contribution in [3.05, 3.63) is 0 Å². The number of carbonyl (C=O) groups excluding carboxylic acids is 2.